The van der Waals surface area contributed by atoms with Gasteiger partial charge in [0.25, 0.3) is 0 Å². The number of carbonyl (C=O) groups excluding carboxylic acids is 2. The Morgan fingerprint density at radius 2 is 1.73 bits per heavy atom. The number of nitrogens with one attached hydrogen (secondary N) is 1. The quantitative estimate of drug-likeness (QED) is 0.225. The summed E-state index contributed by atoms with van der Waals surface area (Å²) in [5.74, 6) is -0.645. The molecule has 2 heterocycles. The van der Waals surface area contributed by atoms with Crippen molar-refractivity contribution in [1.82, 2.24) is 14.5 Å². The van der Waals surface area contributed by atoms with Crippen LogP contribution in [0.3, 0.4) is 0 Å². The zero-order valence-electron chi connectivity index (χ0n) is 17.0. The fourth-order valence-electron chi connectivity index (χ4n) is 4.05. The molecule has 2 fully saturated rings. The number of benzene rings is 2. The number of fused-ring (bicyclic) bond motifs is 1. The van der Waals surface area contributed by atoms with Crippen LogP contribution >= 0.6 is 46.4 Å². The molecule has 2 aromatic carbocycles. The second-order valence-electron chi connectivity index (χ2n) is 7.69. The largest absolute Gasteiger partial charge is 0.452 e. The molecule has 6 nitrogen and oxygen atoms in total. The molecule has 176 valence electrons. The van der Waals surface area contributed by atoms with Crippen molar-refractivity contribution in [3.05, 3.63) is 58.6 Å². The SMILES string of the molecule is Cc1cccc(NC(N2C3C(=O)N(C)C(=O)[N+]32c2cccc(C(F)(F)F)c2)C(Cl)(Cl)Cl)c1Cl. The Kier molecular flexibility index (Phi) is 5.83. The standard InChI is InChI=1S/C20H16Cl4F3N4O2/c1-10-5-3-8-13(14(10)21)28-17(19(22,23)24)30-15-16(32)29(2)18(33)31(15,30)12-7-4-6-11(9-12)20(25,26)27/h3-9,15,17,28H,1-2H3/q+1. The number of halogens is 7. The van der Waals surface area contributed by atoms with Crippen LogP contribution in [0.4, 0.5) is 29.3 Å². The monoisotopic (exact) mass is 541 g/mol. The lowest BCUT2D eigenvalue weighted by Gasteiger charge is -2.29. The number of imide groups is 1. The maximum absolute atomic E-state index is 13.4. The first kappa shape index (κ1) is 24.4. The molecule has 2 aliphatic heterocycles. The molecule has 2 aromatic rings. The minimum absolute atomic E-state index is 0.0890. The molecule has 0 aliphatic carbocycles. The molecular weight excluding hydrogens is 527 g/mol. The maximum Gasteiger partial charge on any atom is 0.452 e. The third-order valence-electron chi connectivity index (χ3n) is 5.67. The summed E-state index contributed by atoms with van der Waals surface area (Å²) in [7, 11) is 1.25. The van der Waals surface area contributed by atoms with Crippen LogP contribution in [0.5, 0.6) is 0 Å². The van der Waals surface area contributed by atoms with Crippen LogP contribution in [-0.4, -0.2) is 45.0 Å². The van der Waals surface area contributed by atoms with E-state index in [9.17, 15) is 22.8 Å². The van der Waals surface area contributed by atoms with E-state index in [-0.39, 0.29) is 5.69 Å². The maximum atomic E-state index is 13.4. The fraction of sp³-hybridized carbons (Fsp3) is 0.300. The second-order valence-corrected chi connectivity index (χ2v) is 10.4. The molecule has 13 heteroatoms. The van der Waals surface area contributed by atoms with Crippen LogP contribution < -0.4 is 9.91 Å². The van der Waals surface area contributed by atoms with E-state index in [2.05, 4.69) is 5.32 Å². The topological polar surface area (TPSA) is 52.4 Å². The number of rotatable bonds is 4. The molecule has 4 atom stereocenters. The van der Waals surface area contributed by atoms with Crippen molar-refractivity contribution >= 4 is 69.7 Å². The van der Waals surface area contributed by atoms with Gasteiger partial charge in [-0.1, -0.05) is 69.2 Å². The van der Waals surface area contributed by atoms with Gasteiger partial charge in [-0.05, 0) is 29.6 Å². The molecule has 0 spiro atoms. The molecular formula is C20H16Cl4F3N4O2+. The number of alkyl halides is 6. The number of urea groups is 1. The van der Waals surface area contributed by atoms with Crippen molar-refractivity contribution in [2.24, 2.45) is 0 Å². The van der Waals surface area contributed by atoms with Gasteiger partial charge in [0, 0.05) is 19.2 Å². The fourth-order valence-corrected chi connectivity index (χ4v) is 4.70. The number of quaternary nitrogens is 1. The lowest BCUT2D eigenvalue weighted by molar-refractivity contribution is -0.137. The van der Waals surface area contributed by atoms with Gasteiger partial charge in [-0.25, -0.2) is 9.69 Å². The van der Waals surface area contributed by atoms with Gasteiger partial charge < -0.3 is 5.32 Å². The highest BCUT2D eigenvalue weighted by Crippen LogP contribution is 2.55. The van der Waals surface area contributed by atoms with E-state index < -0.39 is 44.4 Å². The number of anilines is 1. The molecule has 1 N–H and O–H groups in total. The van der Waals surface area contributed by atoms with E-state index in [4.69, 9.17) is 46.4 Å². The summed E-state index contributed by atoms with van der Waals surface area (Å²) in [6, 6.07) is 8.44. The first-order valence-electron chi connectivity index (χ1n) is 9.48. The van der Waals surface area contributed by atoms with E-state index in [1.54, 1.807) is 25.1 Å². The minimum atomic E-state index is -4.66. The van der Waals surface area contributed by atoms with Crippen LogP contribution in [0.1, 0.15) is 11.1 Å². The number of carbonyl (C=O) groups is 2. The normalized spacial score (nSPS) is 25.8. The number of aryl methyl sites for hydroxylation is 1. The molecule has 0 bridgehead atoms. The number of amides is 3. The highest BCUT2D eigenvalue weighted by atomic mass is 35.6. The van der Waals surface area contributed by atoms with Gasteiger partial charge in [-0.15, -0.1) is 0 Å². The van der Waals surface area contributed by atoms with Crippen LogP contribution in [0.15, 0.2) is 42.5 Å². The van der Waals surface area contributed by atoms with Crippen LogP contribution in [0.25, 0.3) is 0 Å². The zero-order chi connectivity index (χ0) is 24.5. The van der Waals surface area contributed by atoms with Crippen molar-refractivity contribution in [2.75, 3.05) is 12.4 Å². The summed E-state index contributed by atoms with van der Waals surface area (Å²) in [5, 5.41) is 4.50. The average Bonchev–Trinajstić information content (AvgIpc) is 3.36. The minimum Gasteiger partial charge on any atom is -0.361 e. The van der Waals surface area contributed by atoms with E-state index in [1.807, 2.05) is 0 Å². The Balaban J connectivity index is 1.84. The predicted octanol–water partition coefficient (Wildman–Crippen LogP) is 5.93. The average molecular weight is 543 g/mol. The highest BCUT2D eigenvalue weighted by Gasteiger charge is 2.86. The van der Waals surface area contributed by atoms with Crippen molar-refractivity contribution in [2.45, 2.75) is 29.2 Å². The van der Waals surface area contributed by atoms with Crippen LogP contribution in [0.2, 0.25) is 5.02 Å². The molecule has 2 saturated heterocycles. The van der Waals surface area contributed by atoms with Gasteiger partial charge in [-0.2, -0.15) is 13.2 Å². The molecule has 4 rings (SSSR count). The number of hydrogen-bond acceptors (Lipinski definition) is 4. The molecule has 0 aromatic heterocycles. The van der Waals surface area contributed by atoms with E-state index in [0.29, 0.717) is 16.3 Å². The van der Waals surface area contributed by atoms with Crippen LogP contribution in [0, 0.1) is 6.92 Å². The summed E-state index contributed by atoms with van der Waals surface area (Å²) < 4.78 is 37.2. The number of hydrogen-bond donors (Lipinski definition) is 1. The Morgan fingerprint density at radius 3 is 2.33 bits per heavy atom. The molecule has 0 radical (unpaired) electrons. The summed E-state index contributed by atoms with van der Waals surface area (Å²) in [5.41, 5.74) is 0.00115. The van der Waals surface area contributed by atoms with Gasteiger partial charge in [0.15, 0.2) is 11.9 Å². The third kappa shape index (κ3) is 3.75. The van der Waals surface area contributed by atoms with Gasteiger partial charge in [0.1, 0.15) is 0 Å². The summed E-state index contributed by atoms with van der Waals surface area (Å²) in [6.07, 6.45) is -7.18. The lowest BCUT2D eigenvalue weighted by Crippen LogP contribution is -2.53. The Hall–Kier alpha value is -1.75. The molecule has 2 aliphatic rings. The van der Waals surface area contributed by atoms with E-state index in [1.165, 1.54) is 18.1 Å². The Labute approximate surface area is 206 Å². The van der Waals surface area contributed by atoms with E-state index in [0.717, 1.165) is 23.1 Å². The molecule has 0 saturated carbocycles. The second kappa shape index (κ2) is 7.90. The third-order valence-corrected chi connectivity index (χ3v) is 6.79. The molecule has 33 heavy (non-hydrogen) atoms. The lowest BCUT2D eigenvalue weighted by atomic mass is 10.2. The van der Waals surface area contributed by atoms with E-state index >= 15 is 0 Å². The molecule has 4 unspecified atom stereocenters. The summed E-state index contributed by atoms with van der Waals surface area (Å²) in [6.45, 7) is 1.76. The first-order chi connectivity index (χ1) is 15.2. The predicted molar refractivity (Wildman–Crippen MR) is 121 cm³/mol. The smallest absolute Gasteiger partial charge is 0.361 e. The summed E-state index contributed by atoms with van der Waals surface area (Å²) in [4.78, 5) is 26.9. The summed E-state index contributed by atoms with van der Waals surface area (Å²) >= 11 is 25.0. The van der Waals surface area contributed by atoms with Gasteiger partial charge in [0.2, 0.25) is 3.79 Å². The Bertz CT molecular complexity index is 1160. The van der Waals surface area contributed by atoms with Crippen molar-refractivity contribution in [3.8, 4) is 0 Å². The first-order valence-corrected chi connectivity index (χ1v) is 11.0. The Morgan fingerprint density at radius 1 is 1.09 bits per heavy atom. The van der Waals surface area contributed by atoms with Crippen molar-refractivity contribution in [3.63, 3.8) is 0 Å². The zero-order valence-corrected chi connectivity index (χ0v) is 20.0. The van der Waals surface area contributed by atoms with Crippen molar-refractivity contribution < 1.29 is 22.8 Å². The van der Waals surface area contributed by atoms with Gasteiger partial charge >= 0.3 is 24.3 Å². The van der Waals surface area contributed by atoms with Crippen molar-refractivity contribution in [1.29, 1.82) is 0 Å². The highest BCUT2D eigenvalue weighted by molar-refractivity contribution is 6.68. The van der Waals surface area contributed by atoms with Crippen LogP contribution in [-0.2, 0) is 11.0 Å². The number of likely N-dealkylation sites (N-methyl/N-ethyl adjacent to an activating group) is 1. The van der Waals surface area contributed by atoms with Gasteiger partial charge in [0.05, 0.1) is 16.3 Å². The number of nitrogens with zero attached hydrogens (tertiary/aromatic N) is 3. The molecule has 3 amide bonds. The van der Waals surface area contributed by atoms with Gasteiger partial charge in [-0.3, -0.25) is 4.79 Å².